The average molecular weight is 329 g/mol. The fourth-order valence-electron chi connectivity index (χ4n) is 2.23. The van der Waals surface area contributed by atoms with Gasteiger partial charge >= 0.3 is 0 Å². The molecule has 0 spiro atoms. The van der Waals surface area contributed by atoms with Crippen LogP contribution >= 0.6 is 24.2 Å². The van der Waals surface area contributed by atoms with Crippen LogP contribution in [-0.4, -0.2) is 53.8 Å². The molecule has 1 aliphatic rings. The number of thioether (sulfide) groups is 1. The highest BCUT2D eigenvalue weighted by atomic mass is 35.5. The zero-order chi connectivity index (χ0) is 14.4. The Morgan fingerprint density at radius 2 is 2.00 bits per heavy atom. The first-order valence-electron chi connectivity index (χ1n) is 6.84. The highest BCUT2D eigenvalue weighted by Crippen LogP contribution is 2.10. The number of amides is 1. The van der Waals surface area contributed by atoms with Crippen molar-refractivity contribution in [1.82, 2.24) is 10.2 Å². The maximum atomic E-state index is 12.1. The van der Waals surface area contributed by atoms with Crippen molar-refractivity contribution in [1.29, 1.82) is 0 Å². The smallest absolute Gasteiger partial charge is 0.232 e. The lowest BCUT2D eigenvalue weighted by molar-refractivity contribution is -0.131. The molecular formula is C15H21ClN2O2S. The Morgan fingerprint density at radius 3 is 2.67 bits per heavy atom. The number of nitrogens with zero attached hydrogens (tertiary/aromatic N) is 1. The van der Waals surface area contributed by atoms with Gasteiger partial charge in [-0.15, -0.1) is 24.2 Å². The van der Waals surface area contributed by atoms with E-state index in [0.29, 0.717) is 17.1 Å². The molecule has 21 heavy (non-hydrogen) atoms. The Hall–Kier alpha value is -1.04. The van der Waals surface area contributed by atoms with E-state index in [1.807, 2.05) is 42.2 Å². The third-order valence-corrected chi connectivity index (χ3v) is 4.29. The molecule has 1 aliphatic heterocycles. The number of hydrogen-bond donors (Lipinski definition) is 1. The van der Waals surface area contributed by atoms with Crippen LogP contribution in [0.25, 0.3) is 0 Å². The summed E-state index contributed by atoms with van der Waals surface area (Å²) in [5, 5.41) is 3.26. The molecule has 1 saturated heterocycles. The number of rotatable bonds is 5. The number of hydrogen-bond acceptors (Lipinski definition) is 4. The molecule has 1 atom stereocenters. The zero-order valence-corrected chi connectivity index (χ0v) is 13.7. The zero-order valence-electron chi connectivity index (χ0n) is 12.1. The van der Waals surface area contributed by atoms with Crippen LogP contribution in [0.2, 0.25) is 0 Å². The molecule has 0 bridgehead atoms. The lowest BCUT2D eigenvalue weighted by Gasteiger charge is -2.33. The molecule has 1 heterocycles. The maximum Gasteiger partial charge on any atom is 0.232 e. The van der Waals surface area contributed by atoms with Gasteiger partial charge in [0.05, 0.1) is 11.5 Å². The van der Waals surface area contributed by atoms with Crippen LogP contribution in [0, 0.1) is 0 Å². The van der Waals surface area contributed by atoms with Gasteiger partial charge in [0.15, 0.2) is 5.78 Å². The summed E-state index contributed by atoms with van der Waals surface area (Å²) >= 11 is 1.40. The average Bonchev–Trinajstić information content (AvgIpc) is 2.48. The summed E-state index contributed by atoms with van der Waals surface area (Å²) < 4.78 is 0. The Morgan fingerprint density at radius 1 is 1.29 bits per heavy atom. The van der Waals surface area contributed by atoms with Crippen LogP contribution in [0.3, 0.4) is 0 Å². The summed E-state index contributed by atoms with van der Waals surface area (Å²) in [6.45, 7) is 4.50. The van der Waals surface area contributed by atoms with E-state index in [1.54, 1.807) is 0 Å². The molecule has 1 aromatic carbocycles. The van der Waals surface area contributed by atoms with E-state index in [2.05, 4.69) is 5.32 Å². The standard InChI is InChI=1S/C15H20N2O2S.ClH/c1-12-9-16-7-8-17(12)15(19)11-20-10-14(18)13-5-3-2-4-6-13;/h2-6,12,16H,7-11H2,1H3;1H. The van der Waals surface area contributed by atoms with Gasteiger partial charge in [-0.1, -0.05) is 30.3 Å². The van der Waals surface area contributed by atoms with Gasteiger partial charge in [-0.05, 0) is 6.92 Å². The minimum absolute atomic E-state index is 0. The summed E-state index contributed by atoms with van der Waals surface area (Å²) in [4.78, 5) is 25.9. The molecule has 1 aromatic rings. The summed E-state index contributed by atoms with van der Waals surface area (Å²) in [5.74, 6) is 0.945. The number of nitrogens with one attached hydrogen (secondary N) is 1. The third kappa shape index (κ3) is 5.34. The summed E-state index contributed by atoms with van der Waals surface area (Å²) in [6.07, 6.45) is 0. The van der Waals surface area contributed by atoms with Crippen LogP contribution in [-0.2, 0) is 4.79 Å². The van der Waals surface area contributed by atoms with Gasteiger partial charge in [-0.2, -0.15) is 0 Å². The molecule has 2 rings (SSSR count). The van der Waals surface area contributed by atoms with Gasteiger partial charge in [-0.3, -0.25) is 9.59 Å². The van der Waals surface area contributed by atoms with Crippen molar-refractivity contribution < 1.29 is 9.59 Å². The molecule has 0 saturated carbocycles. The summed E-state index contributed by atoms with van der Waals surface area (Å²) in [7, 11) is 0. The van der Waals surface area contributed by atoms with Crippen LogP contribution in [0.1, 0.15) is 17.3 Å². The Labute approximate surface area is 136 Å². The molecule has 1 amide bonds. The van der Waals surface area contributed by atoms with E-state index in [0.717, 1.165) is 19.6 Å². The first kappa shape index (κ1) is 18.0. The van der Waals surface area contributed by atoms with Gasteiger partial charge in [0.1, 0.15) is 0 Å². The lowest BCUT2D eigenvalue weighted by atomic mass is 10.2. The van der Waals surface area contributed by atoms with Gasteiger partial charge in [0.2, 0.25) is 5.91 Å². The Bertz CT molecular complexity index is 470. The minimum atomic E-state index is 0. The fourth-order valence-corrected chi connectivity index (χ4v) is 3.03. The van der Waals surface area contributed by atoms with Gasteiger partial charge < -0.3 is 10.2 Å². The van der Waals surface area contributed by atoms with E-state index in [9.17, 15) is 9.59 Å². The van der Waals surface area contributed by atoms with Gasteiger partial charge in [0.25, 0.3) is 0 Å². The molecule has 6 heteroatoms. The van der Waals surface area contributed by atoms with E-state index in [-0.39, 0.29) is 30.1 Å². The Balaban J connectivity index is 0.00000220. The van der Waals surface area contributed by atoms with Crippen molar-refractivity contribution in [2.45, 2.75) is 13.0 Å². The highest BCUT2D eigenvalue weighted by molar-refractivity contribution is 8.00. The van der Waals surface area contributed by atoms with Crippen molar-refractivity contribution in [3.63, 3.8) is 0 Å². The molecule has 1 N–H and O–H groups in total. The molecular weight excluding hydrogens is 308 g/mol. The quantitative estimate of drug-likeness (QED) is 0.838. The second-order valence-corrected chi connectivity index (χ2v) is 5.91. The highest BCUT2D eigenvalue weighted by Gasteiger charge is 2.22. The van der Waals surface area contributed by atoms with Crippen molar-refractivity contribution >= 4 is 35.9 Å². The first-order chi connectivity index (χ1) is 9.68. The van der Waals surface area contributed by atoms with Crippen LogP contribution in [0.4, 0.5) is 0 Å². The predicted octanol–water partition coefficient (Wildman–Crippen LogP) is 1.84. The van der Waals surface area contributed by atoms with Gasteiger partial charge in [-0.25, -0.2) is 0 Å². The fraction of sp³-hybridized carbons (Fsp3) is 0.467. The molecule has 0 aromatic heterocycles. The number of Topliss-reactive ketones (excluding diaryl/α,β-unsaturated/α-hetero) is 1. The monoisotopic (exact) mass is 328 g/mol. The molecule has 1 unspecified atom stereocenters. The molecule has 1 fully saturated rings. The number of carbonyl (C=O) groups is 2. The van der Waals surface area contributed by atoms with Crippen molar-refractivity contribution in [3.8, 4) is 0 Å². The van der Waals surface area contributed by atoms with Gasteiger partial charge in [0, 0.05) is 31.2 Å². The summed E-state index contributed by atoms with van der Waals surface area (Å²) in [5.41, 5.74) is 0.711. The largest absolute Gasteiger partial charge is 0.337 e. The van der Waals surface area contributed by atoms with Crippen LogP contribution < -0.4 is 5.32 Å². The third-order valence-electron chi connectivity index (χ3n) is 3.38. The van der Waals surface area contributed by atoms with Crippen molar-refractivity contribution in [2.75, 3.05) is 31.1 Å². The number of halogens is 1. The molecule has 0 radical (unpaired) electrons. The lowest BCUT2D eigenvalue weighted by Crippen LogP contribution is -2.52. The number of benzene rings is 1. The minimum Gasteiger partial charge on any atom is -0.337 e. The molecule has 0 aliphatic carbocycles. The number of ketones is 1. The molecule has 116 valence electrons. The topological polar surface area (TPSA) is 49.4 Å². The normalized spacial score (nSPS) is 18.0. The van der Waals surface area contributed by atoms with E-state index in [4.69, 9.17) is 0 Å². The number of carbonyl (C=O) groups excluding carboxylic acids is 2. The summed E-state index contributed by atoms with van der Waals surface area (Å²) in [6, 6.07) is 9.45. The number of piperazine rings is 1. The first-order valence-corrected chi connectivity index (χ1v) is 8.00. The van der Waals surface area contributed by atoms with E-state index in [1.165, 1.54) is 11.8 Å². The van der Waals surface area contributed by atoms with Crippen LogP contribution in [0.5, 0.6) is 0 Å². The van der Waals surface area contributed by atoms with Crippen molar-refractivity contribution in [3.05, 3.63) is 35.9 Å². The second-order valence-electron chi connectivity index (χ2n) is 4.92. The maximum absolute atomic E-state index is 12.1. The molecule has 4 nitrogen and oxygen atoms in total. The predicted molar refractivity (Wildman–Crippen MR) is 89.4 cm³/mol. The van der Waals surface area contributed by atoms with E-state index >= 15 is 0 Å². The van der Waals surface area contributed by atoms with Crippen molar-refractivity contribution in [2.24, 2.45) is 0 Å². The van der Waals surface area contributed by atoms with E-state index < -0.39 is 0 Å². The SMILES string of the molecule is CC1CNCCN1C(=O)CSCC(=O)c1ccccc1.Cl. The second kappa shape index (κ2) is 9.07. The Kier molecular flexibility index (Phi) is 7.78. The van der Waals surface area contributed by atoms with Crippen LogP contribution in [0.15, 0.2) is 30.3 Å².